The van der Waals surface area contributed by atoms with Gasteiger partial charge in [0.05, 0.1) is 12.4 Å². The lowest BCUT2D eigenvalue weighted by atomic mass is 9.94. The number of hydrogen-bond donors (Lipinski definition) is 4. The summed E-state index contributed by atoms with van der Waals surface area (Å²) in [5.41, 5.74) is 2.07. The third-order valence-corrected chi connectivity index (χ3v) is 4.09. The summed E-state index contributed by atoms with van der Waals surface area (Å²) in [6.07, 6.45) is -4.51. The molecule has 1 aliphatic rings. The van der Waals surface area contributed by atoms with Crippen molar-refractivity contribution in [1.29, 1.82) is 0 Å². The maximum atomic E-state index is 15.5. The third kappa shape index (κ3) is 2.34. The lowest BCUT2D eigenvalue weighted by Gasteiger charge is -2.24. The smallest absolute Gasteiger partial charge is 0.301 e. The molecule has 2 aromatic rings. The number of rotatable bonds is 2. The van der Waals surface area contributed by atoms with Gasteiger partial charge in [-0.25, -0.2) is 9.37 Å². The number of nitrogens with two attached hydrogens (primary N) is 2. The number of alkyl halides is 1. The van der Waals surface area contributed by atoms with E-state index in [1.54, 1.807) is 0 Å². The van der Waals surface area contributed by atoms with Gasteiger partial charge in [0.25, 0.3) is 0 Å². The van der Waals surface area contributed by atoms with E-state index >= 15 is 4.39 Å². The molecule has 134 valence electrons. The number of aliphatic hydroxyl groups is 2. The molecule has 0 bridgehead atoms. The van der Waals surface area contributed by atoms with Gasteiger partial charge >= 0.3 is 5.56 Å². The summed E-state index contributed by atoms with van der Waals surface area (Å²) in [4.78, 5) is 19.9. The van der Waals surface area contributed by atoms with E-state index in [1.165, 1.54) is 13.8 Å². The highest BCUT2D eigenvalue weighted by Gasteiger charge is 2.59. The molecule has 3 rings (SSSR count). The van der Waals surface area contributed by atoms with Crippen molar-refractivity contribution in [3.63, 3.8) is 0 Å². The van der Waals surface area contributed by atoms with E-state index in [0.29, 0.717) is 4.68 Å². The Kier molecular flexibility index (Phi) is 3.91. The maximum Gasteiger partial charge on any atom is 0.301 e. The molecule has 1 aliphatic heterocycles. The second-order valence-corrected chi connectivity index (χ2v) is 5.75. The highest BCUT2D eigenvalue weighted by molar-refractivity contribution is 5.71. The van der Waals surface area contributed by atoms with E-state index < -0.39 is 35.8 Å². The van der Waals surface area contributed by atoms with E-state index in [9.17, 15) is 15.0 Å². The minimum atomic E-state index is -2.56. The number of anilines is 1. The molecule has 0 aromatic carbocycles. The highest BCUT2D eigenvalue weighted by atomic mass is 19.1. The number of nitrogens with zero attached hydrogens (tertiary/aromatic N) is 4. The fourth-order valence-electron chi connectivity index (χ4n) is 2.85. The molecular weight excluding hydrogens is 335 g/mol. The molecule has 0 aliphatic carbocycles. The zero-order valence-corrected chi connectivity index (χ0v) is 13.4. The molecule has 5 atom stereocenters. The molecule has 0 saturated carbocycles. The number of aromatic nitrogens is 4. The van der Waals surface area contributed by atoms with Crippen LogP contribution in [0.1, 0.15) is 20.1 Å². The van der Waals surface area contributed by atoms with Crippen molar-refractivity contribution in [1.82, 2.24) is 19.2 Å². The van der Waals surface area contributed by atoms with Crippen molar-refractivity contribution in [3.8, 4) is 11.8 Å². The van der Waals surface area contributed by atoms with E-state index in [4.69, 9.17) is 16.3 Å². The Bertz CT molecular complexity index is 944. The minimum Gasteiger partial charge on any atom is -0.391 e. The van der Waals surface area contributed by atoms with Gasteiger partial charge in [-0.2, -0.15) is 9.66 Å². The van der Waals surface area contributed by atoms with Gasteiger partial charge in [-0.15, -0.1) is 5.92 Å². The average molecular weight is 352 g/mol. The molecule has 10 nitrogen and oxygen atoms in total. The Morgan fingerprint density at radius 2 is 2.24 bits per heavy atom. The molecule has 1 unspecified atom stereocenters. The predicted octanol–water partition coefficient (Wildman–Crippen LogP) is -1.74. The summed E-state index contributed by atoms with van der Waals surface area (Å²) >= 11 is 0. The summed E-state index contributed by atoms with van der Waals surface area (Å²) in [5, 5.41) is 20.0. The minimum absolute atomic E-state index is 0.0763. The molecule has 3 heterocycles. The first kappa shape index (κ1) is 17.2. The van der Waals surface area contributed by atoms with Crippen LogP contribution in [-0.4, -0.2) is 53.4 Å². The second-order valence-electron chi connectivity index (χ2n) is 5.75. The van der Waals surface area contributed by atoms with Crippen LogP contribution in [-0.2, 0) is 4.74 Å². The molecule has 11 heteroatoms. The number of hydrogen-bond acceptors (Lipinski definition) is 8. The highest BCUT2D eigenvalue weighted by Crippen LogP contribution is 2.43. The molecule has 1 saturated heterocycles. The lowest BCUT2D eigenvalue weighted by Crippen LogP contribution is -2.44. The Hall–Kier alpha value is -2.68. The number of nitrogen functional groups attached to an aromatic ring is 2. The fraction of sp³-hybridized carbons (Fsp3) is 0.500. The Morgan fingerprint density at radius 1 is 1.56 bits per heavy atom. The standard InChI is InChI=1S/C14H17FN6O4/c1-3-4-14(15)9(23)8(6(2)22)25-12(14)20-5-18-7-10(20)19-13(16)21(17)11(7)24/h5-6,8-9,12,22-23H,17H2,1-2H3,(H2,16,19)/t6-,8-,9?,12-,14-/m1/s1. The van der Waals surface area contributed by atoms with Gasteiger partial charge in [-0.3, -0.25) is 9.36 Å². The van der Waals surface area contributed by atoms with E-state index in [0.717, 1.165) is 10.9 Å². The van der Waals surface area contributed by atoms with Crippen molar-refractivity contribution in [2.45, 2.75) is 44.1 Å². The van der Waals surface area contributed by atoms with Crippen LogP contribution in [0.2, 0.25) is 0 Å². The number of imidazole rings is 1. The van der Waals surface area contributed by atoms with Crippen LogP contribution in [0, 0.1) is 11.8 Å². The van der Waals surface area contributed by atoms with Crippen molar-refractivity contribution >= 4 is 17.1 Å². The number of aliphatic hydroxyl groups excluding tert-OH is 2. The number of fused-ring (bicyclic) bond motifs is 1. The van der Waals surface area contributed by atoms with Crippen LogP contribution in [0.5, 0.6) is 0 Å². The summed E-state index contributed by atoms with van der Waals surface area (Å²) < 4.78 is 22.7. The molecule has 2 aromatic heterocycles. The van der Waals surface area contributed by atoms with Crippen LogP contribution in [0.15, 0.2) is 11.1 Å². The Labute approximate surface area is 140 Å². The van der Waals surface area contributed by atoms with E-state index in [1.807, 2.05) is 0 Å². The van der Waals surface area contributed by atoms with Crippen molar-refractivity contribution in [2.24, 2.45) is 0 Å². The van der Waals surface area contributed by atoms with Crippen molar-refractivity contribution in [3.05, 3.63) is 16.7 Å². The first-order valence-electron chi connectivity index (χ1n) is 7.37. The maximum absolute atomic E-state index is 15.5. The zero-order chi connectivity index (χ0) is 18.5. The summed E-state index contributed by atoms with van der Waals surface area (Å²) in [6.45, 7) is 2.75. The molecule has 25 heavy (non-hydrogen) atoms. The van der Waals surface area contributed by atoms with Crippen LogP contribution in [0.4, 0.5) is 10.3 Å². The molecule has 0 radical (unpaired) electrons. The lowest BCUT2D eigenvalue weighted by molar-refractivity contribution is -0.0776. The van der Waals surface area contributed by atoms with Crippen LogP contribution in [0.25, 0.3) is 11.2 Å². The topological polar surface area (TPSA) is 154 Å². The quantitative estimate of drug-likeness (QED) is 0.367. The van der Waals surface area contributed by atoms with Crippen LogP contribution >= 0.6 is 0 Å². The van der Waals surface area contributed by atoms with E-state index in [-0.39, 0.29) is 17.1 Å². The summed E-state index contributed by atoms with van der Waals surface area (Å²) in [7, 11) is 0. The third-order valence-electron chi connectivity index (χ3n) is 4.09. The molecule has 0 spiro atoms. The van der Waals surface area contributed by atoms with Gasteiger partial charge in [0.1, 0.15) is 12.2 Å². The zero-order valence-electron chi connectivity index (χ0n) is 13.4. The summed E-state index contributed by atoms with van der Waals surface area (Å²) in [6, 6.07) is 0. The number of ether oxygens (including phenoxy) is 1. The largest absolute Gasteiger partial charge is 0.391 e. The molecule has 1 fully saturated rings. The van der Waals surface area contributed by atoms with Crippen LogP contribution in [0.3, 0.4) is 0 Å². The second kappa shape index (κ2) is 5.69. The van der Waals surface area contributed by atoms with Gasteiger partial charge in [0, 0.05) is 0 Å². The molecule has 6 N–H and O–H groups in total. The first-order valence-corrected chi connectivity index (χ1v) is 7.37. The first-order chi connectivity index (χ1) is 11.7. The average Bonchev–Trinajstić information content (AvgIpc) is 3.06. The fourth-order valence-corrected chi connectivity index (χ4v) is 2.85. The van der Waals surface area contributed by atoms with Crippen LogP contribution < -0.4 is 17.1 Å². The number of halogens is 1. The van der Waals surface area contributed by atoms with Crippen molar-refractivity contribution in [2.75, 3.05) is 11.6 Å². The van der Waals surface area contributed by atoms with Gasteiger partial charge in [-0.05, 0) is 13.8 Å². The van der Waals surface area contributed by atoms with Gasteiger partial charge in [0.15, 0.2) is 17.4 Å². The van der Waals surface area contributed by atoms with Gasteiger partial charge < -0.3 is 26.5 Å². The molecule has 0 amide bonds. The SMILES string of the molecule is CC#C[C@@]1(F)C(O)[C@@H]([C@@H](C)O)O[C@H]1n1cnc2c(=O)n(N)c(N)nc21. The van der Waals surface area contributed by atoms with Gasteiger partial charge in [0.2, 0.25) is 11.6 Å². The normalized spacial score (nSPS) is 30.2. The Balaban J connectivity index is 2.22. The van der Waals surface area contributed by atoms with Gasteiger partial charge in [-0.1, -0.05) is 5.92 Å². The Morgan fingerprint density at radius 3 is 2.84 bits per heavy atom. The molecular formula is C14H17FN6O4. The summed E-state index contributed by atoms with van der Waals surface area (Å²) in [5.74, 6) is 9.83. The predicted molar refractivity (Wildman–Crippen MR) is 85.2 cm³/mol. The monoisotopic (exact) mass is 352 g/mol. The van der Waals surface area contributed by atoms with Crippen molar-refractivity contribution < 1.29 is 19.3 Å². The van der Waals surface area contributed by atoms with E-state index in [2.05, 4.69) is 21.8 Å².